The molecule has 86 valence electrons. The number of hydrogen-bond donors (Lipinski definition) is 2. The van der Waals surface area contributed by atoms with E-state index in [9.17, 15) is 4.79 Å². The number of nitrogens with two attached hydrogens (primary N) is 1. The number of piperidine rings is 1. The zero-order valence-corrected chi connectivity index (χ0v) is 9.57. The maximum absolute atomic E-state index is 11.2. The first-order valence-electron chi connectivity index (χ1n) is 5.74. The number of benzene rings is 1. The summed E-state index contributed by atoms with van der Waals surface area (Å²) in [7, 11) is 0. The lowest BCUT2D eigenvalue weighted by atomic mass is 9.83. The zero-order valence-electron chi connectivity index (χ0n) is 9.57. The van der Waals surface area contributed by atoms with Crippen LogP contribution >= 0.6 is 0 Å². The maximum atomic E-state index is 11.2. The Morgan fingerprint density at radius 2 is 2.12 bits per heavy atom. The Morgan fingerprint density at radius 1 is 1.38 bits per heavy atom. The molecule has 3 N–H and O–H groups in total. The molecule has 0 spiro atoms. The van der Waals surface area contributed by atoms with Crippen LogP contribution in [-0.2, 0) is 4.79 Å². The Hall–Kier alpha value is -1.35. The van der Waals surface area contributed by atoms with Gasteiger partial charge in [-0.2, -0.15) is 0 Å². The third-order valence-electron chi connectivity index (χ3n) is 3.38. The fourth-order valence-electron chi connectivity index (χ4n) is 2.44. The lowest BCUT2D eigenvalue weighted by molar-refractivity contribution is -0.122. The van der Waals surface area contributed by atoms with E-state index in [1.54, 1.807) is 0 Å². The van der Waals surface area contributed by atoms with Gasteiger partial charge in [-0.25, -0.2) is 0 Å². The van der Waals surface area contributed by atoms with Gasteiger partial charge in [0.05, 0.1) is 5.92 Å². The summed E-state index contributed by atoms with van der Waals surface area (Å²) in [4.78, 5) is 11.2. The topological polar surface area (TPSA) is 55.1 Å². The summed E-state index contributed by atoms with van der Waals surface area (Å²) in [5.74, 6) is 0.191. The van der Waals surface area contributed by atoms with Gasteiger partial charge in [0.25, 0.3) is 0 Å². The number of carbonyl (C=O) groups is 1. The van der Waals surface area contributed by atoms with Crippen molar-refractivity contribution in [3.63, 3.8) is 0 Å². The van der Waals surface area contributed by atoms with E-state index in [0.717, 1.165) is 19.5 Å². The summed E-state index contributed by atoms with van der Waals surface area (Å²) in [5.41, 5.74) is 7.99. The van der Waals surface area contributed by atoms with E-state index < -0.39 is 0 Å². The second kappa shape index (κ2) is 4.66. The van der Waals surface area contributed by atoms with Crippen molar-refractivity contribution < 1.29 is 4.79 Å². The van der Waals surface area contributed by atoms with Crippen LogP contribution in [0.4, 0.5) is 0 Å². The molecule has 0 bridgehead atoms. The minimum atomic E-state index is -0.189. The molecule has 1 amide bonds. The summed E-state index contributed by atoms with van der Waals surface area (Å²) in [6, 6.07) is 8.35. The van der Waals surface area contributed by atoms with Crippen LogP contribution in [0.3, 0.4) is 0 Å². The average Bonchev–Trinajstić information content (AvgIpc) is 2.30. The highest BCUT2D eigenvalue weighted by Crippen LogP contribution is 2.28. The van der Waals surface area contributed by atoms with Gasteiger partial charge < -0.3 is 11.1 Å². The molecule has 1 aliphatic heterocycles. The van der Waals surface area contributed by atoms with E-state index >= 15 is 0 Å². The predicted molar refractivity (Wildman–Crippen MR) is 64.1 cm³/mol. The van der Waals surface area contributed by atoms with E-state index in [1.807, 2.05) is 6.07 Å². The lowest BCUT2D eigenvalue weighted by Gasteiger charge is -2.29. The number of rotatable bonds is 2. The number of amides is 1. The summed E-state index contributed by atoms with van der Waals surface area (Å²) in [6.07, 6.45) is 0.868. The highest BCUT2D eigenvalue weighted by molar-refractivity contribution is 5.77. The van der Waals surface area contributed by atoms with Crippen molar-refractivity contribution in [2.45, 2.75) is 19.3 Å². The monoisotopic (exact) mass is 218 g/mol. The Bertz CT molecular complexity index is 389. The van der Waals surface area contributed by atoms with Crippen molar-refractivity contribution in [1.29, 1.82) is 0 Å². The Balaban J connectivity index is 2.16. The fraction of sp³-hybridized carbons (Fsp3) is 0.462. The van der Waals surface area contributed by atoms with Crippen LogP contribution in [0.5, 0.6) is 0 Å². The molecule has 2 unspecified atom stereocenters. The second-order valence-corrected chi connectivity index (χ2v) is 4.55. The van der Waals surface area contributed by atoms with Crippen molar-refractivity contribution in [2.24, 2.45) is 11.7 Å². The van der Waals surface area contributed by atoms with E-state index in [1.165, 1.54) is 11.1 Å². The lowest BCUT2D eigenvalue weighted by Crippen LogP contribution is -2.41. The summed E-state index contributed by atoms with van der Waals surface area (Å²) in [5, 5.41) is 3.29. The van der Waals surface area contributed by atoms with E-state index in [-0.39, 0.29) is 11.8 Å². The number of aryl methyl sites for hydroxylation is 1. The minimum Gasteiger partial charge on any atom is -0.369 e. The number of primary amides is 1. The zero-order chi connectivity index (χ0) is 11.5. The van der Waals surface area contributed by atoms with Crippen molar-refractivity contribution in [1.82, 2.24) is 5.32 Å². The normalized spacial score (nSPS) is 25.3. The number of nitrogens with one attached hydrogen (secondary N) is 1. The molecule has 0 aliphatic carbocycles. The molecule has 3 heteroatoms. The van der Waals surface area contributed by atoms with Crippen molar-refractivity contribution in [2.75, 3.05) is 13.1 Å². The third-order valence-corrected chi connectivity index (χ3v) is 3.38. The van der Waals surface area contributed by atoms with E-state index in [2.05, 4.69) is 30.4 Å². The van der Waals surface area contributed by atoms with Crippen LogP contribution in [0, 0.1) is 12.8 Å². The van der Waals surface area contributed by atoms with Gasteiger partial charge in [-0.05, 0) is 30.4 Å². The molecule has 3 nitrogen and oxygen atoms in total. The van der Waals surface area contributed by atoms with Gasteiger partial charge in [0.2, 0.25) is 5.91 Å². The molecule has 2 rings (SSSR count). The predicted octanol–water partition coefficient (Wildman–Crippen LogP) is 1.17. The largest absolute Gasteiger partial charge is 0.369 e. The quantitative estimate of drug-likeness (QED) is 0.783. The highest BCUT2D eigenvalue weighted by Gasteiger charge is 2.26. The van der Waals surface area contributed by atoms with Gasteiger partial charge in [0.1, 0.15) is 0 Å². The van der Waals surface area contributed by atoms with Crippen molar-refractivity contribution in [3.8, 4) is 0 Å². The molecule has 2 atom stereocenters. The highest BCUT2D eigenvalue weighted by atomic mass is 16.1. The fourth-order valence-corrected chi connectivity index (χ4v) is 2.44. The summed E-state index contributed by atoms with van der Waals surface area (Å²) >= 11 is 0. The first-order valence-corrected chi connectivity index (χ1v) is 5.74. The van der Waals surface area contributed by atoms with Gasteiger partial charge in [0, 0.05) is 13.1 Å². The molecule has 1 saturated heterocycles. The molecule has 0 aromatic heterocycles. The molecular weight excluding hydrogens is 200 g/mol. The van der Waals surface area contributed by atoms with Gasteiger partial charge in [0.15, 0.2) is 0 Å². The average molecular weight is 218 g/mol. The summed E-state index contributed by atoms with van der Waals surface area (Å²) in [6.45, 7) is 3.77. The smallest absolute Gasteiger partial charge is 0.221 e. The van der Waals surface area contributed by atoms with Crippen molar-refractivity contribution >= 4 is 5.91 Å². The molecule has 0 saturated carbocycles. The molecule has 1 heterocycles. The van der Waals surface area contributed by atoms with E-state index in [0.29, 0.717) is 5.92 Å². The molecule has 16 heavy (non-hydrogen) atoms. The minimum absolute atomic E-state index is 0.0293. The molecular formula is C13H18N2O. The Morgan fingerprint density at radius 3 is 2.81 bits per heavy atom. The molecule has 1 aliphatic rings. The van der Waals surface area contributed by atoms with Crippen LogP contribution in [0.2, 0.25) is 0 Å². The summed E-state index contributed by atoms with van der Waals surface area (Å²) < 4.78 is 0. The van der Waals surface area contributed by atoms with Crippen LogP contribution in [0.25, 0.3) is 0 Å². The standard InChI is InChI=1S/C13H18N2O/c1-9-4-2-3-5-12(9)10-6-11(13(14)16)8-15-7-10/h2-5,10-11,15H,6-8H2,1H3,(H2,14,16). The SMILES string of the molecule is Cc1ccccc1C1CNCC(C(N)=O)C1. The number of hydrogen-bond acceptors (Lipinski definition) is 2. The first-order chi connectivity index (χ1) is 7.68. The van der Waals surface area contributed by atoms with Gasteiger partial charge in [-0.15, -0.1) is 0 Å². The van der Waals surface area contributed by atoms with Crippen LogP contribution < -0.4 is 11.1 Å². The van der Waals surface area contributed by atoms with Gasteiger partial charge in [-0.3, -0.25) is 4.79 Å². The Labute approximate surface area is 96.0 Å². The van der Waals surface area contributed by atoms with Crippen molar-refractivity contribution in [3.05, 3.63) is 35.4 Å². The van der Waals surface area contributed by atoms with Gasteiger partial charge in [-0.1, -0.05) is 24.3 Å². The third kappa shape index (κ3) is 2.25. The van der Waals surface area contributed by atoms with Crippen LogP contribution in [0.15, 0.2) is 24.3 Å². The Kier molecular flexibility index (Phi) is 3.25. The van der Waals surface area contributed by atoms with Crippen LogP contribution in [-0.4, -0.2) is 19.0 Å². The first kappa shape index (κ1) is 11.1. The van der Waals surface area contributed by atoms with Crippen LogP contribution in [0.1, 0.15) is 23.5 Å². The molecule has 0 radical (unpaired) electrons. The van der Waals surface area contributed by atoms with Gasteiger partial charge >= 0.3 is 0 Å². The second-order valence-electron chi connectivity index (χ2n) is 4.55. The molecule has 1 fully saturated rings. The number of carbonyl (C=O) groups excluding carboxylic acids is 1. The molecule has 1 aromatic carbocycles. The molecule has 1 aromatic rings. The maximum Gasteiger partial charge on any atom is 0.221 e. The van der Waals surface area contributed by atoms with E-state index in [4.69, 9.17) is 5.73 Å².